The number of carbonyl (C=O) groups excluding carboxylic acids is 1. The van der Waals surface area contributed by atoms with Crippen LogP contribution in [0.4, 0.5) is 17.5 Å². The molecule has 1 amide bonds. The van der Waals surface area contributed by atoms with Crippen molar-refractivity contribution in [1.82, 2.24) is 15.3 Å². The van der Waals surface area contributed by atoms with E-state index in [-0.39, 0.29) is 5.91 Å². The highest BCUT2D eigenvalue weighted by Crippen LogP contribution is 2.13. The van der Waals surface area contributed by atoms with Crippen LogP contribution in [-0.4, -0.2) is 57.2 Å². The summed E-state index contributed by atoms with van der Waals surface area (Å²) in [5, 5.41) is 6.03. The van der Waals surface area contributed by atoms with Crippen molar-refractivity contribution in [3.05, 3.63) is 41.6 Å². The summed E-state index contributed by atoms with van der Waals surface area (Å²) in [6, 6.07) is 9.42. The van der Waals surface area contributed by atoms with Crippen molar-refractivity contribution in [2.75, 3.05) is 56.4 Å². The molecule has 7 heteroatoms. The van der Waals surface area contributed by atoms with E-state index in [1.807, 2.05) is 75.2 Å². The van der Waals surface area contributed by atoms with Crippen LogP contribution in [0.15, 0.2) is 30.3 Å². The second kappa shape index (κ2) is 8.32. The van der Waals surface area contributed by atoms with E-state index in [4.69, 9.17) is 0 Å². The van der Waals surface area contributed by atoms with Crippen LogP contribution in [-0.2, 0) is 0 Å². The molecule has 134 valence electrons. The number of rotatable bonds is 7. The Balaban J connectivity index is 1.83. The summed E-state index contributed by atoms with van der Waals surface area (Å²) in [5.41, 5.74) is 2.60. The number of aryl methyl sites for hydroxylation is 1. The van der Waals surface area contributed by atoms with Gasteiger partial charge in [0.15, 0.2) is 0 Å². The van der Waals surface area contributed by atoms with Crippen molar-refractivity contribution in [3.8, 4) is 0 Å². The Morgan fingerprint density at radius 1 is 1.00 bits per heavy atom. The second-order valence-corrected chi connectivity index (χ2v) is 6.21. The molecule has 0 fully saturated rings. The lowest BCUT2D eigenvalue weighted by atomic mass is 10.2. The predicted molar refractivity (Wildman–Crippen MR) is 103 cm³/mol. The number of carbonyl (C=O) groups is 1. The van der Waals surface area contributed by atoms with Gasteiger partial charge in [0.25, 0.3) is 5.91 Å². The van der Waals surface area contributed by atoms with Crippen LogP contribution in [0.5, 0.6) is 0 Å². The van der Waals surface area contributed by atoms with Crippen LogP contribution < -0.4 is 20.4 Å². The molecule has 0 bridgehead atoms. The number of nitrogens with one attached hydrogen (secondary N) is 2. The fourth-order valence-electron chi connectivity index (χ4n) is 2.22. The van der Waals surface area contributed by atoms with E-state index >= 15 is 0 Å². The minimum Gasteiger partial charge on any atom is -0.378 e. The minimum absolute atomic E-state index is 0.0914. The lowest BCUT2D eigenvalue weighted by Crippen LogP contribution is -2.29. The lowest BCUT2D eigenvalue weighted by molar-refractivity contribution is 0.0955. The van der Waals surface area contributed by atoms with E-state index < -0.39 is 0 Å². The maximum Gasteiger partial charge on any atom is 0.251 e. The summed E-state index contributed by atoms with van der Waals surface area (Å²) in [5.74, 6) is 1.32. The van der Waals surface area contributed by atoms with Gasteiger partial charge in [-0.3, -0.25) is 4.79 Å². The molecule has 0 radical (unpaired) electrons. The van der Waals surface area contributed by atoms with Crippen LogP contribution in [0.2, 0.25) is 0 Å². The SMILES string of the molecule is Cc1cc(N(C)C)nc(NCCNC(=O)c2ccc(N(C)C)cc2)n1. The third-order valence-electron chi connectivity index (χ3n) is 3.64. The molecular formula is C18H26N6O. The Labute approximate surface area is 149 Å². The Hall–Kier alpha value is -2.83. The Morgan fingerprint density at radius 3 is 2.28 bits per heavy atom. The van der Waals surface area contributed by atoms with Gasteiger partial charge in [0, 0.05) is 64.3 Å². The van der Waals surface area contributed by atoms with E-state index in [0.717, 1.165) is 17.2 Å². The Kier molecular flexibility index (Phi) is 6.16. The zero-order valence-corrected chi connectivity index (χ0v) is 15.5. The molecule has 1 aromatic carbocycles. The van der Waals surface area contributed by atoms with Crippen LogP contribution in [0, 0.1) is 6.92 Å². The monoisotopic (exact) mass is 342 g/mol. The van der Waals surface area contributed by atoms with Gasteiger partial charge in [0.1, 0.15) is 5.82 Å². The summed E-state index contributed by atoms with van der Waals surface area (Å²) in [4.78, 5) is 24.8. The molecule has 1 heterocycles. The number of aromatic nitrogens is 2. The van der Waals surface area contributed by atoms with Gasteiger partial charge >= 0.3 is 0 Å². The molecule has 2 rings (SSSR count). The summed E-state index contributed by atoms with van der Waals surface area (Å²) < 4.78 is 0. The summed E-state index contributed by atoms with van der Waals surface area (Å²) in [6.07, 6.45) is 0. The maximum atomic E-state index is 12.1. The molecule has 0 spiro atoms. The van der Waals surface area contributed by atoms with Crippen LogP contribution >= 0.6 is 0 Å². The third-order valence-corrected chi connectivity index (χ3v) is 3.64. The molecule has 0 aliphatic heterocycles. The van der Waals surface area contributed by atoms with Gasteiger partial charge in [0.2, 0.25) is 5.95 Å². The van der Waals surface area contributed by atoms with E-state index in [2.05, 4.69) is 20.6 Å². The Morgan fingerprint density at radius 2 is 1.68 bits per heavy atom. The number of amides is 1. The smallest absolute Gasteiger partial charge is 0.251 e. The number of hydrogen-bond donors (Lipinski definition) is 2. The molecule has 1 aromatic heterocycles. The first-order valence-electron chi connectivity index (χ1n) is 8.19. The van der Waals surface area contributed by atoms with Crippen molar-refractivity contribution < 1.29 is 4.79 Å². The molecule has 0 saturated carbocycles. The van der Waals surface area contributed by atoms with Gasteiger partial charge in [-0.1, -0.05) is 0 Å². The molecule has 0 saturated heterocycles. The predicted octanol–water partition coefficient (Wildman–Crippen LogP) is 1.76. The standard InChI is InChI=1S/C18H26N6O/c1-13-12-16(24(4)5)22-18(21-13)20-11-10-19-17(25)14-6-8-15(9-7-14)23(2)3/h6-9,12H,10-11H2,1-5H3,(H,19,25)(H,20,21,22). The highest BCUT2D eigenvalue weighted by Gasteiger charge is 2.06. The molecule has 0 atom stereocenters. The lowest BCUT2D eigenvalue weighted by Gasteiger charge is -2.14. The molecule has 25 heavy (non-hydrogen) atoms. The van der Waals surface area contributed by atoms with Crippen molar-refractivity contribution in [1.29, 1.82) is 0 Å². The molecular weight excluding hydrogens is 316 g/mol. The first-order valence-corrected chi connectivity index (χ1v) is 8.19. The van der Waals surface area contributed by atoms with Crippen LogP contribution in [0.1, 0.15) is 16.1 Å². The maximum absolute atomic E-state index is 12.1. The molecule has 0 unspecified atom stereocenters. The average molecular weight is 342 g/mol. The van der Waals surface area contributed by atoms with Gasteiger partial charge in [-0.2, -0.15) is 4.98 Å². The van der Waals surface area contributed by atoms with Gasteiger partial charge in [-0.05, 0) is 31.2 Å². The highest BCUT2D eigenvalue weighted by molar-refractivity contribution is 5.94. The minimum atomic E-state index is -0.0914. The topological polar surface area (TPSA) is 73.4 Å². The zero-order chi connectivity index (χ0) is 18.4. The first-order chi connectivity index (χ1) is 11.9. The summed E-state index contributed by atoms with van der Waals surface area (Å²) in [6.45, 7) is 2.97. The molecule has 2 aromatic rings. The van der Waals surface area contributed by atoms with Gasteiger partial charge in [0.05, 0.1) is 0 Å². The number of benzene rings is 1. The van der Waals surface area contributed by atoms with E-state index in [0.29, 0.717) is 24.6 Å². The Bertz CT molecular complexity index is 712. The van der Waals surface area contributed by atoms with E-state index in [1.165, 1.54) is 0 Å². The quantitative estimate of drug-likeness (QED) is 0.747. The summed E-state index contributed by atoms with van der Waals surface area (Å²) in [7, 11) is 7.81. The van der Waals surface area contributed by atoms with Crippen LogP contribution in [0.3, 0.4) is 0 Å². The zero-order valence-electron chi connectivity index (χ0n) is 15.5. The first kappa shape index (κ1) is 18.5. The van der Waals surface area contributed by atoms with Crippen molar-refractivity contribution in [2.24, 2.45) is 0 Å². The largest absolute Gasteiger partial charge is 0.378 e. The molecule has 2 N–H and O–H groups in total. The average Bonchev–Trinajstić information content (AvgIpc) is 2.58. The van der Waals surface area contributed by atoms with E-state index in [9.17, 15) is 4.79 Å². The fourth-order valence-corrected chi connectivity index (χ4v) is 2.22. The van der Waals surface area contributed by atoms with Gasteiger partial charge in [-0.15, -0.1) is 0 Å². The van der Waals surface area contributed by atoms with Gasteiger partial charge < -0.3 is 20.4 Å². The molecule has 7 nitrogen and oxygen atoms in total. The van der Waals surface area contributed by atoms with Crippen molar-refractivity contribution in [3.63, 3.8) is 0 Å². The van der Waals surface area contributed by atoms with Gasteiger partial charge in [-0.25, -0.2) is 4.98 Å². The van der Waals surface area contributed by atoms with Crippen LogP contribution in [0.25, 0.3) is 0 Å². The summed E-state index contributed by atoms with van der Waals surface area (Å²) >= 11 is 0. The number of hydrogen-bond acceptors (Lipinski definition) is 6. The highest BCUT2D eigenvalue weighted by atomic mass is 16.1. The van der Waals surface area contributed by atoms with Crippen molar-refractivity contribution in [2.45, 2.75) is 6.92 Å². The van der Waals surface area contributed by atoms with Crippen molar-refractivity contribution >= 4 is 23.4 Å². The molecule has 0 aliphatic rings. The van der Waals surface area contributed by atoms with E-state index in [1.54, 1.807) is 0 Å². The normalized spacial score (nSPS) is 10.3. The second-order valence-electron chi connectivity index (χ2n) is 6.21. The number of nitrogens with zero attached hydrogens (tertiary/aromatic N) is 4. The number of anilines is 3. The molecule has 0 aliphatic carbocycles. The third kappa shape index (κ3) is 5.34. The fraction of sp³-hybridized carbons (Fsp3) is 0.389.